The van der Waals surface area contributed by atoms with Gasteiger partial charge in [-0.3, -0.25) is 4.79 Å². The van der Waals surface area contributed by atoms with Crippen molar-refractivity contribution in [1.82, 2.24) is 4.90 Å². The topological polar surface area (TPSA) is 46.6 Å². The third-order valence-corrected chi connectivity index (χ3v) is 4.00. The number of halogens is 1. The van der Waals surface area contributed by atoms with Crippen LogP contribution in [-0.4, -0.2) is 10.8 Å². The Morgan fingerprint density at radius 2 is 1.50 bits per heavy atom. The Morgan fingerprint density at radius 3 is 2.00 bits per heavy atom. The van der Waals surface area contributed by atoms with Crippen molar-refractivity contribution in [2.24, 2.45) is 0 Å². The van der Waals surface area contributed by atoms with Gasteiger partial charge < -0.3 is 13.7 Å². The number of nitrogens with zero attached hydrogens (tertiary/aromatic N) is 1. The average Bonchev–Trinajstić information content (AvgIpc) is 3.27. The highest BCUT2D eigenvalue weighted by molar-refractivity contribution is 6.30. The van der Waals surface area contributed by atoms with Crippen molar-refractivity contribution in [3.8, 4) is 0 Å². The van der Waals surface area contributed by atoms with Gasteiger partial charge in [-0.05, 0) is 48.4 Å². The molecule has 24 heavy (non-hydrogen) atoms. The van der Waals surface area contributed by atoms with Gasteiger partial charge in [0.15, 0.2) is 0 Å². The maximum Gasteiger partial charge on any atom is 0.223 e. The summed E-state index contributed by atoms with van der Waals surface area (Å²) in [6.45, 7) is 0.848. The van der Waals surface area contributed by atoms with Crippen LogP contribution in [0.15, 0.2) is 69.9 Å². The average molecular weight is 344 g/mol. The van der Waals surface area contributed by atoms with Crippen LogP contribution in [0.1, 0.15) is 23.5 Å². The molecule has 0 aliphatic carbocycles. The van der Waals surface area contributed by atoms with Gasteiger partial charge in [-0.2, -0.15) is 0 Å². The summed E-state index contributed by atoms with van der Waals surface area (Å²) in [6.07, 6.45) is 4.31. The number of carbonyl (C=O) groups excluding carboxylic acids is 1. The number of furan rings is 2. The minimum absolute atomic E-state index is 0.0535. The summed E-state index contributed by atoms with van der Waals surface area (Å²) in [7, 11) is 0. The number of carbonyl (C=O) groups is 1. The maximum absolute atomic E-state index is 12.7. The fourth-order valence-corrected chi connectivity index (χ4v) is 2.60. The van der Waals surface area contributed by atoms with E-state index in [4.69, 9.17) is 20.4 Å². The molecule has 0 spiro atoms. The predicted molar refractivity (Wildman–Crippen MR) is 91.4 cm³/mol. The highest BCUT2D eigenvalue weighted by Crippen LogP contribution is 2.15. The van der Waals surface area contributed by atoms with Gasteiger partial charge in [-0.25, -0.2) is 0 Å². The van der Waals surface area contributed by atoms with Gasteiger partial charge in [0.25, 0.3) is 0 Å². The number of benzene rings is 1. The molecule has 0 aliphatic heterocycles. The lowest BCUT2D eigenvalue weighted by Crippen LogP contribution is -2.30. The lowest BCUT2D eigenvalue weighted by atomic mass is 10.1. The second-order valence-corrected chi connectivity index (χ2v) is 5.97. The fourth-order valence-electron chi connectivity index (χ4n) is 2.47. The van der Waals surface area contributed by atoms with E-state index < -0.39 is 0 Å². The Labute approximate surface area is 145 Å². The first kappa shape index (κ1) is 16.4. The van der Waals surface area contributed by atoms with E-state index in [0.29, 0.717) is 31.0 Å². The van der Waals surface area contributed by atoms with E-state index in [2.05, 4.69) is 0 Å². The number of hydrogen-bond acceptors (Lipinski definition) is 3. The minimum Gasteiger partial charge on any atom is -0.467 e. The summed E-state index contributed by atoms with van der Waals surface area (Å²) in [5.41, 5.74) is 1.09. The summed E-state index contributed by atoms with van der Waals surface area (Å²) in [6, 6.07) is 14.9. The normalized spacial score (nSPS) is 10.7. The molecular formula is C19H18ClNO3. The highest BCUT2D eigenvalue weighted by atomic mass is 35.5. The van der Waals surface area contributed by atoms with E-state index in [0.717, 1.165) is 17.1 Å². The Balaban J connectivity index is 1.64. The van der Waals surface area contributed by atoms with Crippen LogP contribution >= 0.6 is 11.6 Å². The lowest BCUT2D eigenvalue weighted by Gasteiger charge is -2.20. The standard InChI is InChI=1S/C19H18ClNO3/c20-16-8-5-15(6-9-16)7-10-19(22)21(13-17-3-1-11-23-17)14-18-4-2-12-24-18/h1-6,8-9,11-12H,7,10,13-14H2. The molecule has 3 rings (SSSR count). The van der Waals surface area contributed by atoms with Crippen molar-refractivity contribution in [3.63, 3.8) is 0 Å². The van der Waals surface area contributed by atoms with Crippen molar-refractivity contribution >= 4 is 17.5 Å². The van der Waals surface area contributed by atoms with E-state index in [-0.39, 0.29) is 5.91 Å². The second-order valence-electron chi connectivity index (χ2n) is 5.53. The predicted octanol–water partition coefficient (Wildman–Crippen LogP) is 4.69. The molecule has 1 aromatic carbocycles. The summed E-state index contributed by atoms with van der Waals surface area (Å²) >= 11 is 5.89. The SMILES string of the molecule is O=C(CCc1ccc(Cl)cc1)N(Cc1ccco1)Cc1ccco1. The molecule has 4 nitrogen and oxygen atoms in total. The third kappa shape index (κ3) is 4.52. The molecule has 0 fully saturated rings. The molecule has 0 atom stereocenters. The van der Waals surface area contributed by atoms with Crippen LogP contribution in [0.25, 0.3) is 0 Å². The molecule has 2 aromatic heterocycles. The molecule has 0 saturated heterocycles. The first-order valence-electron chi connectivity index (χ1n) is 7.78. The minimum atomic E-state index is 0.0535. The van der Waals surface area contributed by atoms with E-state index in [9.17, 15) is 4.79 Å². The van der Waals surface area contributed by atoms with Gasteiger partial charge in [0.2, 0.25) is 5.91 Å². The van der Waals surface area contributed by atoms with Gasteiger partial charge >= 0.3 is 0 Å². The van der Waals surface area contributed by atoms with Crippen molar-refractivity contribution in [3.05, 3.63) is 83.2 Å². The Hall–Kier alpha value is -2.46. The summed E-state index contributed by atoms with van der Waals surface area (Å²) in [4.78, 5) is 14.4. The second kappa shape index (κ2) is 7.88. The Bertz CT molecular complexity index is 712. The van der Waals surface area contributed by atoms with Crippen LogP contribution < -0.4 is 0 Å². The van der Waals surface area contributed by atoms with E-state index in [1.807, 2.05) is 48.5 Å². The number of hydrogen-bond donors (Lipinski definition) is 0. The van der Waals surface area contributed by atoms with Gasteiger partial charge in [0.1, 0.15) is 11.5 Å². The lowest BCUT2D eigenvalue weighted by molar-refractivity contribution is -0.133. The summed E-state index contributed by atoms with van der Waals surface area (Å²) in [5.74, 6) is 1.56. The molecule has 0 aliphatic rings. The van der Waals surface area contributed by atoms with Gasteiger partial charge in [-0.15, -0.1) is 0 Å². The molecule has 0 radical (unpaired) electrons. The van der Waals surface area contributed by atoms with E-state index in [1.165, 1.54) is 0 Å². The Kier molecular flexibility index (Phi) is 5.39. The van der Waals surface area contributed by atoms with Crippen LogP contribution in [0.3, 0.4) is 0 Å². The van der Waals surface area contributed by atoms with Gasteiger partial charge in [-0.1, -0.05) is 23.7 Å². The monoisotopic (exact) mass is 343 g/mol. The first-order chi connectivity index (χ1) is 11.7. The molecular weight excluding hydrogens is 326 g/mol. The van der Waals surface area contributed by atoms with Crippen LogP contribution in [0.4, 0.5) is 0 Å². The molecule has 0 N–H and O–H groups in total. The molecule has 124 valence electrons. The first-order valence-corrected chi connectivity index (χ1v) is 8.15. The molecule has 1 amide bonds. The zero-order valence-electron chi connectivity index (χ0n) is 13.2. The quantitative estimate of drug-likeness (QED) is 0.625. The van der Waals surface area contributed by atoms with E-state index >= 15 is 0 Å². The molecule has 0 bridgehead atoms. The number of amides is 1. The zero-order chi connectivity index (χ0) is 16.8. The fraction of sp³-hybridized carbons (Fsp3) is 0.211. The van der Waals surface area contributed by atoms with Crippen molar-refractivity contribution in [1.29, 1.82) is 0 Å². The largest absolute Gasteiger partial charge is 0.467 e. The molecule has 5 heteroatoms. The summed E-state index contributed by atoms with van der Waals surface area (Å²) < 4.78 is 10.7. The van der Waals surface area contributed by atoms with Crippen LogP contribution in [0.5, 0.6) is 0 Å². The van der Waals surface area contributed by atoms with E-state index in [1.54, 1.807) is 17.4 Å². The maximum atomic E-state index is 12.7. The number of rotatable bonds is 7. The van der Waals surface area contributed by atoms with Gasteiger partial charge in [0.05, 0.1) is 25.6 Å². The number of aryl methyl sites for hydroxylation is 1. The van der Waals surface area contributed by atoms with Crippen molar-refractivity contribution in [2.45, 2.75) is 25.9 Å². The molecule has 0 saturated carbocycles. The molecule has 3 aromatic rings. The van der Waals surface area contributed by atoms with Crippen LogP contribution in [0, 0.1) is 0 Å². The molecule has 2 heterocycles. The van der Waals surface area contributed by atoms with Crippen molar-refractivity contribution in [2.75, 3.05) is 0 Å². The smallest absolute Gasteiger partial charge is 0.223 e. The van der Waals surface area contributed by atoms with Gasteiger partial charge in [0, 0.05) is 11.4 Å². The highest BCUT2D eigenvalue weighted by Gasteiger charge is 2.17. The zero-order valence-corrected chi connectivity index (χ0v) is 13.9. The summed E-state index contributed by atoms with van der Waals surface area (Å²) in [5, 5.41) is 0.697. The molecule has 0 unspecified atom stereocenters. The van der Waals surface area contributed by atoms with Crippen LogP contribution in [-0.2, 0) is 24.3 Å². The van der Waals surface area contributed by atoms with Crippen LogP contribution in [0.2, 0.25) is 5.02 Å². The Morgan fingerprint density at radius 1 is 0.917 bits per heavy atom. The van der Waals surface area contributed by atoms with Crippen molar-refractivity contribution < 1.29 is 13.6 Å². The third-order valence-electron chi connectivity index (χ3n) is 3.75.